The van der Waals surface area contributed by atoms with Crippen LogP contribution in [0.2, 0.25) is 0 Å². The molecule has 4 nitrogen and oxygen atoms in total. The van der Waals surface area contributed by atoms with Gasteiger partial charge in [0, 0.05) is 12.5 Å². The molecule has 0 spiro atoms. The zero-order chi connectivity index (χ0) is 17.5. The van der Waals surface area contributed by atoms with Crippen LogP contribution in [-0.4, -0.2) is 25.5 Å². The highest BCUT2D eigenvalue weighted by molar-refractivity contribution is 5.85. The summed E-state index contributed by atoms with van der Waals surface area (Å²) in [5, 5.41) is 6.29. The van der Waals surface area contributed by atoms with Gasteiger partial charge in [-0.15, -0.1) is 12.4 Å². The first-order chi connectivity index (χ1) is 12.2. The molecule has 26 heavy (non-hydrogen) atoms. The van der Waals surface area contributed by atoms with E-state index in [4.69, 9.17) is 4.74 Å². The number of ether oxygens (including phenoxy) is 1. The number of carbonyl (C=O) groups excluding carboxylic acids is 1. The highest BCUT2D eigenvalue weighted by Crippen LogP contribution is 2.22. The highest BCUT2D eigenvalue weighted by atomic mass is 35.5. The van der Waals surface area contributed by atoms with Gasteiger partial charge >= 0.3 is 0 Å². The molecule has 0 saturated carbocycles. The van der Waals surface area contributed by atoms with E-state index in [2.05, 4.69) is 10.6 Å². The van der Waals surface area contributed by atoms with Crippen LogP contribution >= 0.6 is 12.4 Å². The molecular formula is C20H24ClFN2O2. The molecule has 0 radical (unpaired) electrons. The Balaban J connectivity index is 0.00000243. The smallest absolute Gasteiger partial charge is 0.223 e. The molecule has 0 unspecified atom stereocenters. The highest BCUT2D eigenvalue weighted by Gasteiger charge is 2.20. The van der Waals surface area contributed by atoms with Gasteiger partial charge in [-0.2, -0.15) is 0 Å². The number of rotatable bonds is 6. The van der Waals surface area contributed by atoms with Crippen LogP contribution in [0.3, 0.4) is 0 Å². The number of halogens is 2. The minimum Gasteiger partial charge on any atom is -0.457 e. The van der Waals surface area contributed by atoms with Gasteiger partial charge in [-0.25, -0.2) is 4.39 Å². The maximum Gasteiger partial charge on any atom is 0.223 e. The fraction of sp³-hybridized carbons (Fsp3) is 0.350. The van der Waals surface area contributed by atoms with Crippen LogP contribution in [0.5, 0.6) is 11.5 Å². The van der Waals surface area contributed by atoms with Crippen molar-refractivity contribution in [2.75, 3.05) is 19.6 Å². The topological polar surface area (TPSA) is 50.4 Å². The summed E-state index contributed by atoms with van der Waals surface area (Å²) < 4.78 is 18.6. The maximum atomic E-state index is 12.9. The summed E-state index contributed by atoms with van der Waals surface area (Å²) in [4.78, 5) is 12.1. The van der Waals surface area contributed by atoms with Crippen molar-refractivity contribution in [3.8, 4) is 11.5 Å². The zero-order valence-electron chi connectivity index (χ0n) is 14.5. The Bertz CT molecular complexity index is 686. The van der Waals surface area contributed by atoms with E-state index in [0.29, 0.717) is 18.0 Å². The SMILES string of the molecule is Cl.O=C(NCCc1ccc(Oc2ccc(F)cc2)cc1)C1CCNCC1. The van der Waals surface area contributed by atoms with E-state index < -0.39 is 0 Å². The van der Waals surface area contributed by atoms with Crippen molar-refractivity contribution < 1.29 is 13.9 Å². The second-order valence-electron chi connectivity index (χ2n) is 6.27. The molecule has 1 aliphatic rings. The molecular weight excluding hydrogens is 355 g/mol. The van der Waals surface area contributed by atoms with Gasteiger partial charge in [0.1, 0.15) is 17.3 Å². The molecule has 1 amide bonds. The molecule has 1 heterocycles. The third-order valence-electron chi connectivity index (χ3n) is 4.40. The van der Waals surface area contributed by atoms with Gasteiger partial charge in [0.15, 0.2) is 0 Å². The molecule has 0 aliphatic carbocycles. The molecule has 140 valence electrons. The Hall–Kier alpha value is -2.11. The van der Waals surface area contributed by atoms with Crippen molar-refractivity contribution in [2.45, 2.75) is 19.3 Å². The van der Waals surface area contributed by atoms with Crippen LogP contribution < -0.4 is 15.4 Å². The van der Waals surface area contributed by atoms with Crippen LogP contribution in [0.15, 0.2) is 48.5 Å². The quantitative estimate of drug-likeness (QED) is 0.805. The van der Waals surface area contributed by atoms with E-state index >= 15 is 0 Å². The summed E-state index contributed by atoms with van der Waals surface area (Å²) in [6.07, 6.45) is 2.62. The Kier molecular flexibility index (Phi) is 7.88. The van der Waals surface area contributed by atoms with Crippen molar-refractivity contribution in [2.24, 2.45) is 5.92 Å². The summed E-state index contributed by atoms with van der Waals surface area (Å²) in [6.45, 7) is 2.49. The Labute approximate surface area is 159 Å². The normalized spacial score (nSPS) is 14.3. The van der Waals surface area contributed by atoms with Gasteiger partial charge < -0.3 is 15.4 Å². The van der Waals surface area contributed by atoms with E-state index in [0.717, 1.165) is 37.9 Å². The lowest BCUT2D eigenvalue weighted by Crippen LogP contribution is -2.38. The summed E-state index contributed by atoms with van der Waals surface area (Å²) in [5.74, 6) is 1.33. The lowest BCUT2D eigenvalue weighted by atomic mass is 9.97. The largest absolute Gasteiger partial charge is 0.457 e. The van der Waals surface area contributed by atoms with E-state index in [1.54, 1.807) is 12.1 Å². The fourth-order valence-electron chi connectivity index (χ4n) is 2.92. The minimum atomic E-state index is -0.283. The van der Waals surface area contributed by atoms with E-state index in [1.807, 2.05) is 24.3 Å². The zero-order valence-corrected chi connectivity index (χ0v) is 15.4. The first-order valence-corrected chi connectivity index (χ1v) is 8.71. The minimum absolute atomic E-state index is 0. The molecule has 1 saturated heterocycles. The summed E-state index contributed by atoms with van der Waals surface area (Å²) in [6, 6.07) is 13.7. The van der Waals surface area contributed by atoms with Gasteiger partial charge in [-0.3, -0.25) is 4.79 Å². The van der Waals surface area contributed by atoms with Crippen molar-refractivity contribution in [1.82, 2.24) is 10.6 Å². The summed E-state index contributed by atoms with van der Waals surface area (Å²) in [5.41, 5.74) is 1.14. The predicted molar refractivity (Wildman–Crippen MR) is 102 cm³/mol. The number of amides is 1. The van der Waals surface area contributed by atoms with Crippen LogP contribution in [0.4, 0.5) is 4.39 Å². The Morgan fingerprint density at radius 2 is 1.62 bits per heavy atom. The molecule has 1 fully saturated rings. The average molecular weight is 379 g/mol. The van der Waals surface area contributed by atoms with Crippen molar-refractivity contribution in [1.29, 1.82) is 0 Å². The third kappa shape index (κ3) is 6.00. The van der Waals surface area contributed by atoms with Crippen molar-refractivity contribution >= 4 is 18.3 Å². The molecule has 2 aromatic carbocycles. The Morgan fingerprint density at radius 1 is 1.04 bits per heavy atom. The third-order valence-corrected chi connectivity index (χ3v) is 4.40. The molecule has 0 bridgehead atoms. The maximum absolute atomic E-state index is 12.9. The second-order valence-corrected chi connectivity index (χ2v) is 6.27. The number of benzene rings is 2. The van der Waals surface area contributed by atoms with Crippen LogP contribution in [-0.2, 0) is 11.2 Å². The lowest BCUT2D eigenvalue weighted by Gasteiger charge is -2.21. The number of nitrogens with one attached hydrogen (secondary N) is 2. The summed E-state index contributed by atoms with van der Waals surface area (Å²) in [7, 11) is 0. The van der Waals surface area contributed by atoms with E-state index in [-0.39, 0.29) is 30.0 Å². The molecule has 6 heteroatoms. The first-order valence-electron chi connectivity index (χ1n) is 8.71. The second kappa shape index (κ2) is 10.1. The number of carbonyl (C=O) groups is 1. The fourth-order valence-corrected chi connectivity index (χ4v) is 2.92. The summed E-state index contributed by atoms with van der Waals surface area (Å²) >= 11 is 0. The first kappa shape index (κ1) is 20.2. The van der Waals surface area contributed by atoms with Gasteiger partial charge in [-0.05, 0) is 74.3 Å². The van der Waals surface area contributed by atoms with Crippen LogP contribution in [0.25, 0.3) is 0 Å². The standard InChI is InChI=1S/C20H23FN2O2.ClH/c21-17-3-7-19(8-4-17)25-18-5-1-15(2-6-18)9-14-23-20(24)16-10-12-22-13-11-16;/h1-8,16,22H,9-14H2,(H,23,24);1H. The molecule has 2 aromatic rings. The van der Waals surface area contributed by atoms with Crippen LogP contribution in [0, 0.1) is 11.7 Å². The van der Waals surface area contributed by atoms with Crippen LogP contribution in [0.1, 0.15) is 18.4 Å². The van der Waals surface area contributed by atoms with Gasteiger partial charge in [-0.1, -0.05) is 12.1 Å². The van der Waals surface area contributed by atoms with E-state index in [1.165, 1.54) is 12.1 Å². The number of hydrogen-bond acceptors (Lipinski definition) is 3. The molecule has 0 aromatic heterocycles. The molecule has 0 atom stereocenters. The Morgan fingerprint density at radius 3 is 2.23 bits per heavy atom. The molecule has 1 aliphatic heterocycles. The average Bonchev–Trinajstić information content (AvgIpc) is 2.66. The van der Waals surface area contributed by atoms with Gasteiger partial charge in [0.2, 0.25) is 5.91 Å². The molecule has 2 N–H and O–H groups in total. The van der Waals surface area contributed by atoms with E-state index in [9.17, 15) is 9.18 Å². The predicted octanol–water partition coefficient (Wildman–Crippen LogP) is 3.70. The number of piperidine rings is 1. The van der Waals surface area contributed by atoms with Crippen molar-refractivity contribution in [3.05, 3.63) is 59.9 Å². The number of hydrogen-bond donors (Lipinski definition) is 2. The van der Waals surface area contributed by atoms with Crippen molar-refractivity contribution in [3.63, 3.8) is 0 Å². The van der Waals surface area contributed by atoms with Gasteiger partial charge in [0.05, 0.1) is 0 Å². The van der Waals surface area contributed by atoms with Gasteiger partial charge in [0.25, 0.3) is 0 Å². The lowest BCUT2D eigenvalue weighted by molar-refractivity contribution is -0.125. The molecule has 3 rings (SSSR count). The monoisotopic (exact) mass is 378 g/mol.